The first-order valence-corrected chi connectivity index (χ1v) is 9.74. The Morgan fingerprint density at radius 1 is 0.958 bits per heavy atom. The van der Waals surface area contributed by atoms with Crippen LogP contribution < -0.4 is 5.73 Å². The molecule has 0 radical (unpaired) electrons. The first kappa shape index (κ1) is 16.2. The number of nitrogens with zero attached hydrogens (tertiary/aromatic N) is 3. The van der Waals surface area contributed by atoms with Crippen LogP contribution in [0.15, 0.2) is 0 Å². The van der Waals surface area contributed by atoms with Gasteiger partial charge in [-0.05, 0) is 38.5 Å². The highest BCUT2D eigenvalue weighted by Gasteiger charge is 2.57. The van der Waals surface area contributed by atoms with Crippen molar-refractivity contribution >= 4 is 11.9 Å². The normalized spacial score (nSPS) is 33.2. The summed E-state index contributed by atoms with van der Waals surface area (Å²) in [5.74, 6) is -0.324. The van der Waals surface area contributed by atoms with Gasteiger partial charge >= 0.3 is 6.03 Å². The Bertz CT molecular complexity index is 511. The predicted molar refractivity (Wildman–Crippen MR) is 91.4 cm³/mol. The van der Waals surface area contributed by atoms with E-state index in [9.17, 15) is 9.59 Å². The molecule has 2 N–H and O–H groups in total. The van der Waals surface area contributed by atoms with E-state index in [-0.39, 0.29) is 18.0 Å². The van der Waals surface area contributed by atoms with E-state index in [1.54, 1.807) is 4.90 Å². The van der Waals surface area contributed by atoms with E-state index in [1.165, 1.54) is 32.1 Å². The van der Waals surface area contributed by atoms with Gasteiger partial charge < -0.3 is 20.4 Å². The van der Waals surface area contributed by atoms with E-state index in [4.69, 9.17) is 5.73 Å². The first-order valence-electron chi connectivity index (χ1n) is 9.74. The number of likely N-dealkylation sites (tertiary alicyclic amines) is 1. The van der Waals surface area contributed by atoms with E-state index in [0.717, 1.165) is 44.8 Å². The maximum atomic E-state index is 12.8. The maximum Gasteiger partial charge on any atom is 0.321 e. The van der Waals surface area contributed by atoms with Gasteiger partial charge in [0.2, 0.25) is 5.91 Å². The van der Waals surface area contributed by atoms with Gasteiger partial charge in [0, 0.05) is 31.7 Å². The molecular weight excluding hydrogens is 304 g/mol. The molecule has 0 aromatic carbocycles. The summed E-state index contributed by atoms with van der Waals surface area (Å²) in [4.78, 5) is 31.2. The van der Waals surface area contributed by atoms with Gasteiger partial charge in [-0.3, -0.25) is 4.79 Å². The summed E-state index contributed by atoms with van der Waals surface area (Å²) in [6.07, 6.45) is 10.5. The number of fused-ring (bicyclic) bond motifs is 1. The smallest absolute Gasteiger partial charge is 0.321 e. The summed E-state index contributed by atoms with van der Waals surface area (Å²) in [5.41, 5.74) is 4.95. The maximum absolute atomic E-state index is 12.8. The van der Waals surface area contributed by atoms with Crippen LogP contribution >= 0.6 is 0 Å². The van der Waals surface area contributed by atoms with Crippen LogP contribution in [-0.4, -0.2) is 70.4 Å². The van der Waals surface area contributed by atoms with Gasteiger partial charge in [-0.1, -0.05) is 19.3 Å². The Morgan fingerprint density at radius 2 is 1.67 bits per heavy atom. The molecule has 1 saturated carbocycles. The Balaban J connectivity index is 1.39. The molecular formula is C18H30N4O2. The fraction of sp³-hybridized carbons (Fsp3) is 0.889. The molecule has 3 aliphatic heterocycles. The number of amides is 3. The number of piperidine rings is 1. The van der Waals surface area contributed by atoms with Gasteiger partial charge in [0.15, 0.2) is 0 Å². The minimum absolute atomic E-state index is 0.0439. The van der Waals surface area contributed by atoms with Crippen LogP contribution in [0.25, 0.3) is 0 Å². The zero-order valence-electron chi connectivity index (χ0n) is 14.6. The monoisotopic (exact) mass is 334 g/mol. The average Bonchev–Trinajstić information content (AvgIpc) is 3.16. The number of carbonyl (C=O) groups is 2. The molecule has 3 amide bonds. The molecule has 134 valence electrons. The second-order valence-electron chi connectivity index (χ2n) is 8.12. The van der Waals surface area contributed by atoms with Crippen molar-refractivity contribution in [1.82, 2.24) is 14.7 Å². The van der Waals surface area contributed by atoms with Crippen LogP contribution in [0.1, 0.15) is 57.8 Å². The van der Waals surface area contributed by atoms with E-state index in [2.05, 4.69) is 4.90 Å². The molecule has 4 aliphatic rings. The predicted octanol–water partition coefficient (Wildman–Crippen LogP) is 1.54. The summed E-state index contributed by atoms with van der Waals surface area (Å²) < 4.78 is 0. The second kappa shape index (κ2) is 6.21. The van der Waals surface area contributed by atoms with Crippen LogP contribution in [-0.2, 0) is 4.79 Å². The first-order chi connectivity index (χ1) is 11.6. The largest absolute Gasteiger partial charge is 0.368 e. The van der Waals surface area contributed by atoms with Gasteiger partial charge in [-0.15, -0.1) is 0 Å². The van der Waals surface area contributed by atoms with Gasteiger partial charge in [0.25, 0.3) is 0 Å². The molecule has 6 nitrogen and oxygen atoms in total. The van der Waals surface area contributed by atoms with Crippen LogP contribution in [0.5, 0.6) is 0 Å². The number of urea groups is 1. The van der Waals surface area contributed by atoms with Crippen LogP contribution in [0, 0.1) is 0 Å². The summed E-state index contributed by atoms with van der Waals surface area (Å²) >= 11 is 0. The van der Waals surface area contributed by atoms with Gasteiger partial charge in [0.1, 0.15) is 5.54 Å². The molecule has 0 bridgehead atoms. The van der Waals surface area contributed by atoms with E-state index < -0.39 is 5.54 Å². The highest BCUT2D eigenvalue weighted by molar-refractivity contribution is 5.94. The van der Waals surface area contributed by atoms with Crippen molar-refractivity contribution in [2.24, 2.45) is 5.73 Å². The SMILES string of the molecule is NC(=O)[C@]12CCCN1C(=O)N(C1CCN(C3CCCCC3)CC1)C2. The lowest BCUT2D eigenvalue weighted by molar-refractivity contribution is -0.126. The van der Waals surface area contributed by atoms with Crippen molar-refractivity contribution < 1.29 is 9.59 Å². The Hall–Kier alpha value is -1.30. The van der Waals surface area contributed by atoms with E-state index in [1.807, 2.05) is 4.90 Å². The summed E-state index contributed by atoms with van der Waals surface area (Å²) in [7, 11) is 0. The Labute approximate surface area is 144 Å². The molecule has 3 saturated heterocycles. The van der Waals surface area contributed by atoms with Crippen LogP contribution in [0.3, 0.4) is 0 Å². The van der Waals surface area contributed by atoms with Crippen molar-refractivity contribution in [1.29, 1.82) is 0 Å². The third-order valence-electron chi connectivity index (χ3n) is 6.89. The molecule has 3 heterocycles. The fourth-order valence-corrected chi connectivity index (χ4v) is 5.45. The van der Waals surface area contributed by atoms with Gasteiger partial charge in [-0.2, -0.15) is 0 Å². The third kappa shape index (κ3) is 2.50. The van der Waals surface area contributed by atoms with Crippen molar-refractivity contribution in [3.8, 4) is 0 Å². The average molecular weight is 334 g/mol. The van der Waals surface area contributed by atoms with Crippen LogP contribution in [0.4, 0.5) is 4.79 Å². The lowest BCUT2D eigenvalue weighted by Gasteiger charge is -2.41. The number of nitrogens with two attached hydrogens (primary N) is 1. The number of hydrogen-bond acceptors (Lipinski definition) is 3. The van der Waals surface area contributed by atoms with Gasteiger partial charge in [-0.25, -0.2) is 4.79 Å². The highest BCUT2D eigenvalue weighted by Crippen LogP contribution is 2.39. The molecule has 0 aromatic heterocycles. The molecule has 6 heteroatoms. The zero-order valence-corrected chi connectivity index (χ0v) is 14.6. The molecule has 4 fully saturated rings. The molecule has 1 atom stereocenters. The number of rotatable bonds is 3. The standard InChI is InChI=1S/C18H30N4O2/c19-16(23)18-9-4-10-22(18)17(24)21(13-18)15-7-11-20(12-8-15)14-5-2-1-3-6-14/h14-15H,1-13H2,(H2,19,23)/t18-/m1/s1. The topological polar surface area (TPSA) is 69.9 Å². The molecule has 4 rings (SSSR count). The summed E-state index contributed by atoms with van der Waals surface area (Å²) in [6, 6.07) is 1.08. The number of primary amides is 1. The molecule has 0 aromatic rings. The van der Waals surface area contributed by atoms with Crippen LogP contribution in [0.2, 0.25) is 0 Å². The van der Waals surface area contributed by atoms with E-state index in [0.29, 0.717) is 13.1 Å². The fourth-order valence-electron chi connectivity index (χ4n) is 5.45. The zero-order chi connectivity index (χ0) is 16.7. The lowest BCUT2D eigenvalue weighted by atomic mass is 9.91. The minimum Gasteiger partial charge on any atom is -0.368 e. The van der Waals surface area contributed by atoms with Crippen molar-refractivity contribution in [2.75, 3.05) is 26.2 Å². The molecule has 0 unspecified atom stereocenters. The number of hydrogen-bond donors (Lipinski definition) is 1. The Kier molecular flexibility index (Phi) is 4.19. The van der Waals surface area contributed by atoms with Gasteiger partial charge in [0.05, 0.1) is 6.54 Å². The van der Waals surface area contributed by atoms with Crippen molar-refractivity contribution in [3.05, 3.63) is 0 Å². The summed E-state index contributed by atoms with van der Waals surface area (Å²) in [6.45, 7) is 3.36. The molecule has 24 heavy (non-hydrogen) atoms. The van der Waals surface area contributed by atoms with E-state index >= 15 is 0 Å². The second-order valence-corrected chi connectivity index (χ2v) is 8.12. The molecule has 1 aliphatic carbocycles. The minimum atomic E-state index is -0.725. The quantitative estimate of drug-likeness (QED) is 0.851. The molecule has 0 spiro atoms. The third-order valence-corrected chi connectivity index (χ3v) is 6.89. The van der Waals surface area contributed by atoms with Crippen molar-refractivity contribution in [2.45, 2.75) is 75.4 Å². The summed E-state index contributed by atoms with van der Waals surface area (Å²) in [5, 5.41) is 0. The lowest BCUT2D eigenvalue weighted by Crippen LogP contribution is -2.53. The van der Waals surface area contributed by atoms with Crippen molar-refractivity contribution in [3.63, 3.8) is 0 Å². The highest BCUT2D eigenvalue weighted by atomic mass is 16.2. The Morgan fingerprint density at radius 3 is 2.29 bits per heavy atom. The number of carbonyl (C=O) groups excluding carboxylic acids is 2.